The van der Waals surface area contributed by atoms with E-state index in [1.165, 1.54) is 18.5 Å². The molecule has 0 bridgehead atoms. The maximum Gasteiger partial charge on any atom is 0.319 e. The molecule has 0 saturated heterocycles. The number of hydrogen-bond acceptors (Lipinski definition) is 4. The second-order valence-corrected chi connectivity index (χ2v) is 5.59. The molecule has 1 heterocycles. The van der Waals surface area contributed by atoms with Crippen molar-refractivity contribution in [2.45, 2.75) is 24.9 Å². The second-order valence-electron chi connectivity index (χ2n) is 5.59. The minimum Gasteiger partial charge on any atom is -0.386 e. The first-order valence-electron chi connectivity index (χ1n) is 7.53. The molecule has 1 aliphatic carbocycles. The lowest BCUT2D eigenvalue weighted by Gasteiger charge is -2.14. The smallest absolute Gasteiger partial charge is 0.319 e. The number of urea groups is 1. The molecule has 1 fully saturated rings. The van der Waals surface area contributed by atoms with Gasteiger partial charge < -0.3 is 15.7 Å². The molecule has 2 amide bonds. The molecule has 8 heteroatoms. The Balaban J connectivity index is 1.53. The van der Waals surface area contributed by atoms with E-state index >= 15 is 0 Å². The van der Waals surface area contributed by atoms with Crippen molar-refractivity contribution in [3.63, 3.8) is 0 Å². The van der Waals surface area contributed by atoms with Gasteiger partial charge in [0, 0.05) is 12.5 Å². The minimum absolute atomic E-state index is 0.343. The fraction of sp³-hybridized carbons (Fsp3) is 0.312. The molecule has 3 N–H and O–H groups in total. The number of hydrogen-bond donors (Lipinski definition) is 3. The lowest BCUT2D eigenvalue weighted by Crippen LogP contribution is -2.33. The van der Waals surface area contributed by atoms with Crippen LogP contribution < -0.4 is 10.6 Å². The van der Waals surface area contributed by atoms with E-state index in [0.29, 0.717) is 11.6 Å². The summed E-state index contributed by atoms with van der Waals surface area (Å²) in [6, 6.07) is 2.65. The van der Waals surface area contributed by atoms with Crippen LogP contribution in [-0.2, 0) is 0 Å². The summed E-state index contributed by atoms with van der Waals surface area (Å²) < 4.78 is 27.1. The van der Waals surface area contributed by atoms with Crippen molar-refractivity contribution < 1.29 is 18.7 Å². The van der Waals surface area contributed by atoms with E-state index in [9.17, 15) is 18.7 Å². The van der Waals surface area contributed by atoms with Crippen molar-refractivity contribution in [1.29, 1.82) is 0 Å². The van der Waals surface area contributed by atoms with Crippen molar-refractivity contribution in [3.8, 4) is 0 Å². The van der Waals surface area contributed by atoms with E-state index in [1.54, 1.807) is 0 Å². The first kappa shape index (κ1) is 16.3. The van der Waals surface area contributed by atoms with Crippen LogP contribution in [0.4, 0.5) is 19.3 Å². The van der Waals surface area contributed by atoms with E-state index in [4.69, 9.17) is 0 Å². The number of benzene rings is 1. The fourth-order valence-electron chi connectivity index (χ4n) is 2.25. The SMILES string of the molecule is O=C(NCC(O)c1c(F)cccc1F)Nc1cnc(C2CC2)nc1. The van der Waals surface area contributed by atoms with Gasteiger partial charge in [-0.15, -0.1) is 0 Å². The van der Waals surface area contributed by atoms with Crippen LogP contribution >= 0.6 is 0 Å². The topological polar surface area (TPSA) is 87.1 Å². The third kappa shape index (κ3) is 3.83. The van der Waals surface area contributed by atoms with Gasteiger partial charge in [0.25, 0.3) is 0 Å². The zero-order chi connectivity index (χ0) is 17.1. The van der Waals surface area contributed by atoms with E-state index in [1.807, 2.05) is 0 Å². The van der Waals surface area contributed by atoms with Crippen LogP contribution in [0.5, 0.6) is 0 Å². The number of carbonyl (C=O) groups is 1. The normalized spacial score (nSPS) is 15.0. The number of rotatable bonds is 5. The number of nitrogens with one attached hydrogen (secondary N) is 2. The van der Waals surface area contributed by atoms with Crippen LogP contribution in [0, 0.1) is 11.6 Å². The van der Waals surface area contributed by atoms with Crippen molar-refractivity contribution >= 4 is 11.7 Å². The number of halogens is 2. The number of aromatic nitrogens is 2. The summed E-state index contributed by atoms with van der Waals surface area (Å²) in [4.78, 5) is 20.1. The van der Waals surface area contributed by atoms with Crippen LogP contribution in [0.25, 0.3) is 0 Å². The first-order valence-corrected chi connectivity index (χ1v) is 7.53. The highest BCUT2D eigenvalue weighted by molar-refractivity contribution is 5.88. The Morgan fingerprint density at radius 1 is 1.25 bits per heavy atom. The van der Waals surface area contributed by atoms with Gasteiger partial charge in [0.15, 0.2) is 0 Å². The molecule has 24 heavy (non-hydrogen) atoms. The molecule has 0 spiro atoms. The quantitative estimate of drug-likeness (QED) is 0.784. The Morgan fingerprint density at radius 2 is 1.88 bits per heavy atom. The molecule has 1 aliphatic rings. The Bertz CT molecular complexity index is 715. The molecule has 1 aromatic heterocycles. The predicted octanol–water partition coefficient (Wildman–Crippen LogP) is 2.49. The summed E-state index contributed by atoms with van der Waals surface area (Å²) in [7, 11) is 0. The molecule has 1 atom stereocenters. The molecule has 1 aromatic carbocycles. The number of amides is 2. The van der Waals surface area contributed by atoms with Gasteiger partial charge in [-0.3, -0.25) is 0 Å². The van der Waals surface area contributed by atoms with Crippen LogP contribution in [0.15, 0.2) is 30.6 Å². The molecular weight excluding hydrogens is 318 g/mol. The lowest BCUT2D eigenvalue weighted by molar-refractivity contribution is 0.166. The second kappa shape index (κ2) is 6.88. The zero-order valence-corrected chi connectivity index (χ0v) is 12.7. The number of aliphatic hydroxyl groups excluding tert-OH is 1. The van der Waals surface area contributed by atoms with E-state index in [2.05, 4.69) is 20.6 Å². The van der Waals surface area contributed by atoms with Gasteiger partial charge in [-0.25, -0.2) is 23.5 Å². The van der Waals surface area contributed by atoms with Gasteiger partial charge in [0.1, 0.15) is 23.6 Å². The third-order valence-corrected chi connectivity index (χ3v) is 3.66. The molecule has 1 unspecified atom stereocenters. The van der Waals surface area contributed by atoms with Gasteiger partial charge in [0.05, 0.1) is 23.6 Å². The Morgan fingerprint density at radius 3 is 2.46 bits per heavy atom. The van der Waals surface area contributed by atoms with Crippen LogP contribution in [0.2, 0.25) is 0 Å². The number of aliphatic hydroxyl groups is 1. The molecule has 6 nitrogen and oxygen atoms in total. The molecule has 0 aliphatic heterocycles. The van der Waals surface area contributed by atoms with Gasteiger partial charge in [0.2, 0.25) is 0 Å². The maximum atomic E-state index is 13.5. The Kier molecular flexibility index (Phi) is 4.66. The van der Waals surface area contributed by atoms with E-state index < -0.39 is 29.3 Å². The van der Waals surface area contributed by atoms with Crippen molar-refractivity contribution in [1.82, 2.24) is 15.3 Å². The standard InChI is InChI=1S/C16H16F2N4O2/c17-11-2-1-3-12(18)14(11)13(23)8-21-16(24)22-10-6-19-15(20-7-10)9-4-5-9/h1-3,6-7,9,13,23H,4-5,8H2,(H2,21,22,24). The van der Waals surface area contributed by atoms with E-state index in [-0.39, 0.29) is 6.54 Å². The first-order chi connectivity index (χ1) is 11.5. The molecule has 126 valence electrons. The zero-order valence-electron chi connectivity index (χ0n) is 12.7. The lowest BCUT2D eigenvalue weighted by atomic mass is 10.1. The van der Waals surface area contributed by atoms with Crippen LogP contribution in [0.1, 0.15) is 36.3 Å². The molecule has 0 radical (unpaired) electrons. The fourth-order valence-corrected chi connectivity index (χ4v) is 2.25. The molecule has 2 aromatic rings. The largest absolute Gasteiger partial charge is 0.386 e. The average molecular weight is 334 g/mol. The highest BCUT2D eigenvalue weighted by Gasteiger charge is 2.26. The summed E-state index contributed by atoms with van der Waals surface area (Å²) in [6.07, 6.45) is 3.65. The van der Waals surface area contributed by atoms with Gasteiger partial charge in [-0.05, 0) is 25.0 Å². The Hall–Kier alpha value is -2.61. The summed E-state index contributed by atoms with van der Waals surface area (Å²) in [5.41, 5.74) is -0.0848. The molecule has 1 saturated carbocycles. The summed E-state index contributed by atoms with van der Waals surface area (Å²) >= 11 is 0. The summed E-state index contributed by atoms with van der Waals surface area (Å²) in [5.74, 6) is -0.562. The molecule has 3 rings (SSSR count). The van der Waals surface area contributed by atoms with Crippen LogP contribution in [0.3, 0.4) is 0 Å². The van der Waals surface area contributed by atoms with Gasteiger partial charge >= 0.3 is 6.03 Å². The summed E-state index contributed by atoms with van der Waals surface area (Å²) in [6.45, 7) is -0.343. The van der Waals surface area contributed by atoms with Crippen molar-refractivity contribution in [3.05, 3.63) is 53.6 Å². The third-order valence-electron chi connectivity index (χ3n) is 3.66. The minimum atomic E-state index is -1.49. The van der Waals surface area contributed by atoms with Crippen LogP contribution in [-0.4, -0.2) is 27.7 Å². The van der Waals surface area contributed by atoms with Gasteiger partial charge in [-0.1, -0.05) is 6.07 Å². The van der Waals surface area contributed by atoms with Crippen molar-refractivity contribution in [2.75, 3.05) is 11.9 Å². The van der Waals surface area contributed by atoms with Gasteiger partial charge in [-0.2, -0.15) is 0 Å². The number of nitrogens with zero attached hydrogens (tertiary/aromatic N) is 2. The maximum absolute atomic E-state index is 13.5. The highest BCUT2D eigenvalue weighted by Crippen LogP contribution is 2.37. The number of carbonyl (C=O) groups excluding carboxylic acids is 1. The highest BCUT2D eigenvalue weighted by atomic mass is 19.1. The predicted molar refractivity (Wildman–Crippen MR) is 82.3 cm³/mol. The average Bonchev–Trinajstić information content (AvgIpc) is 3.38. The van der Waals surface area contributed by atoms with E-state index in [0.717, 1.165) is 30.8 Å². The Labute approximate surface area is 136 Å². The number of anilines is 1. The molecular formula is C16H16F2N4O2. The van der Waals surface area contributed by atoms with Crippen molar-refractivity contribution in [2.24, 2.45) is 0 Å². The monoisotopic (exact) mass is 334 g/mol. The summed E-state index contributed by atoms with van der Waals surface area (Å²) in [5, 5.41) is 14.7.